The fourth-order valence-corrected chi connectivity index (χ4v) is 4.72. The van der Waals surface area contributed by atoms with E-state index in [-0.39, 0.29) is 5.92 Å². The van der Waals surface area contributed by atoms with E-state index in [9.17, 15) is 4.79 Å². The van der Waals surface area contributed by atoms with E-state index in [1.165, 1.54) is 32.1 Å². The smallest absolute Gasteiger partial charge is 0.123 e. The van der Waals surface area contributed by atoms with Gasteiger partial charge in [-0.15, -0.1) is 0 Å². The van der Waals surface area contributed by atoms with Crippen LogP contribution in [-0.2, 0) is 4.79 Å². The summed E-state index contributed by atoms with van der Waals surface area (Å²) >= 11 is 3.51. The number of halogens is 1. The van der Waals surface area contributed by atoms with Gasteiger partial charge < -0.3 is 4.79 Å². The minimum atomic E-state index is 0.227. The van der Waals surface area contributed by atoms with Gasteiger partial charge in [0, 0.05) is 5.92 Å². The van der Waals surface area contributed by atoms with Crippen molar-refractivity contribution in [1.82, 2.24) is 0 Å². The molecule has 0 aromatic heterocycles. The third-order valence-corrected chi connectivity index (χ3v) is 5.62. The average Bonchev–Trinajstić information content (AvgIpc) is 2.64. The number of carbonyl (C=O) groups excluding carboxylic acids is 1. The maximum Gasteiger partial charge on any atom is 0.123 e. The number of allylic oxidation sites excluding steroid dienone is 1. The average molecular weight is 285 g/mol. The number of fused-ring (bicyclic) bond motifs is 1. The lowest BCUT2D eigenvalue weighted by Crippen LogP contribution is -2.36. The molecule has 1 unspecified atom stereocenters. The second kappa shape index (κ2) is 4.64. The number of carbonyl (C=O) groups is 1. The zero-order valence-corrected chi connectivity index (χ0v) is 11.8. The van der Waals surface area contributed by atoms with Crippen LogP contribution in [0.15, 0.2) is 10.6 Å². The number of hydrogen-bond acceptors (Lipinski definition) is 1. The van der Waals surface area contributed by atoms with Crippen LogP contribution in [0.25, 0.3) is 0 Å². The number of aldehydes is 1. The first-order chi connectivity index (χ1) is 7.63. The molecule has 0 bridgehead atoms. The summed E-state index contributed by atoms with van der Waals surface area (Å²) in [5, 5.41) is 0. The molecule has 2 aliphatic rings. The molecule has 2 heteroatoms. The number of hydrogen-bond donors (Lipinski definition) is 0. The predicted molar refractivity (Wildman–Crippen MR) is 70.4 cm³/mol. The summed E-state index contributed by atoms with van der Waals surface area (Å²) < 4.78 is 0. The highest BCUT2D eigenvalue weighted by Gasteiger charge is 2.50. The zero-order valence-electron chi connectivity index (χ0n) is 10.2. The van der Waals surface area contributed by atoms with Crippen LogP contribution in [0.5, 0.6) is 0 Å². The molecule has 2 saturated carbocycles. The van der Waals surface area contributed by atoms with E-state index in [0.29, 0.717) is 17.3 Å². The molecule has 90 valence electrons. The van der Waals surface area contributed by atoms with Crippen LogP contribution in [0.4, 0.5) is 0 Å². The Morgan fingerprint density at radius 1 is 1.50 bits per heavy atom. The SMILES string of the molecule is C[C@H](C=O)[C@H]1CCC2/C(=C/Br)CCC[C@@]21C. The van der Waals surface area contributed by atoms with Gasteiger partial charge in [0.25, 0.3) is 0 Å². The van der Waals surface area contributed by atoms with Crippen LogP contribution in [0.2, 0.25) is 0 Å². The third kappa shape index (κ3) is 1.79. The van der Waals surface area contributed by atoms with E-state index < -0.39 is 0 Å². The summed E-state index contributed by atoms with van der Waals surface area (Å²) in [5.41, 5.74) is 1.95. The van der Waals surface area contributed by atoms with Crippen molar-refractivity contribution in [1.29, 1.82) is 0 Å². The molecule has 2 rings (SSSR count). The Labute approximate surface area is 107 Å². The van der Waals surface area contributed by atoms with Crippen molar-refractivity contribution in [3.8, 4) is 0 Å². The molecular formula is C14H21BrO. The predicted octanol–water partition coefficient (Wildman–Crippen LogP) is 4.32. The zero-order chi connectivity index (χ0) is 11.8. The molecule has 0 saturated heterocycles. The van der Waals surface area contributed by atoms with E-state index in [2.05, 4.69) is 34.8 Å². The van der Waals surface area contributed by atoms with Crippen LogP contribution in [0.3, 0.4) is 0 Å². The van der Waals surface area contributed by atoms with Crippen LogP contribution < -0.4 is 0 Å². The quantitative estimate of drug-likeness (QED) is 0.691. The van der Waals surface area contributed by atoms with Gasteiger partial charge in [-0.25, -0.2) is 0 Å². The summed E-state index contributed by atoms with van der Waals surface area (Å²) in [7, 11) is 0. The van der Waals surface area contributed by atoms with Gasteiger partial charge in [0.2, 0.25) is 0 Å². The first kappa shape index (κ1) is 12.3. The molecule has 2 fully saturated rings. The minimum Gasteiger partial charge on any atom is -0.303 e. The molecule has 0 aliphatic heterocycles. The highest BCUT2D eigenvalue weighted by Crippen LogP contribution is 2.59. The summed E-state index contributed by atoms with van der Waals surface area (Å²) in [4.78, 5) is 13.2. The summed E-state index contributed by atoms with van der Waals surface area (Å²) in [6.45, 7) is 4.50. The highest BCUT2D eigenvalue weighted by atomic mass is 79.9. The van der Waals surface area contributed by atoms with E-state index in [0.717, 1.165) is 6.29 Å². The molecule has 0 spiro atoms. The Bertz CT molecular complexity index is 310. The standard InChI is InChI=1S/C14H21BrO/c1-10(9-16)12-5-6-13-11(8-15)4-3-7-14(12,13)2/h8-10,12-13H,3-7H2,1-2H3/b11-8+/t10-,12-,13?,14-/m1/s1. The van der Waals surface area contributed by atoms with E-state index in [4.69, 9.17) is 0 Å². The van der Waals surface area contributed by atoms with Crippen LogP contribution in [0, 0.1) is 23.2 Å². The Morgan fingerprint density at radius 2 is 2.25 bits per heavy atom. The van der Waals surface area contributed by atoms with Gasteiger partial charge in [-0.05, 0) is 54.3 Å². The van der Waals surface area contributed by atoms with Gasteiger partial charge in [0.15, 0.2) is 0 Å². The second-order valence-electron chi connectivity index (χ2n) is 5.78. The van der Waals surface area contributed by atoms with E-state index in [1.807, 2.05) is 0 Å². The van der Waals surface area contributed by atoms with Crippen molar-refractivity contribution in [2.45, 2.75) is 46.0 Å². The molecule has 0 N–H and O–H groups in total. The summed E-state index contributed by atoms with van der Waals surface area (Å²) in [6.07, 6.45) is 7.48. The van der Waals surface area contributed by atoms with Crippen molar-refractivity contribution >= 4 is 22.2 Å². The Hall–Kier alpha value is -0.110. The van der Waals surface area contributed by atoms with Crippen molar-refractivity contribution in [2.75, 3.05) is 0 Å². The molecule has 0 aromatic rings. The van der Waals surface area contributed by atoms with Crippen molar-refractivity contribution in [2.24, 2.45) is 23.2 Å². The summed E-state index contributed by atoms with van der Waals surface area (Å²) in [5.74, 6) is 1.54. The van der Waals surface area contributed by atoms with Gasteiger partial charge in [-0.2, -0.15) is 0 Å². The van der Waals surface area contributed by atoms with Crippen molar-refractivity contribution < 1.29 is 4.79 Å². The van der Waals surface area contributed by atoms with E-state index >= 15 is 0 Å². The van der Waals surface area contributed by atoms with E-state index in [1.54, 1.807) is 5.57 Å². The normalized spacial score (nSPS) is 43.1. The molecule has 2 aliphatic carbocycles. The second-order valence-corrected chi connectivity index (χ2v) is 6.23. The monoisotopic (exact) mass is 284 g/mol. The Kier molecular flexibility index (Phi) is 3.58. The van der Waals surface area contributed by atoms with Crippen molar-refractivity contribution in [3.05, 3.63) is 10.6 Å². The lowest BCUT2D eigenvalue weighted by molar-refractivity contribution is -0.113. The molecule has 0 amide bonds. The van der Waals surface area contributed by atoms with Gasteiger partial charge >= 0.3 is 0 Å². The van der Waals surface area contributed by atoms with Crippen LogP contribution in [-0.4, -0.2) is 6.29 Å². The first-order valence-electron chi connectivity index (χ1n) is 6.38. The first-order valence-corrected chi connectivity index (χ1v) is 7.29. The fraction of sp³-hybridized carbons (Fsp3) is 0.786. The molecule has 1 nitrogen and oxygen atoms in total. The fourth-order valence-electron chi connectivity index (χ4n) is 4.17. The van der Waals surface area contributed by atoms with Crippen LogP contribution in [0.1, 0.15) is 46.0 Å². The van der Waals surface area contributed by atoms with Crippen LogP contribution >= 0.6 is 15.9 Å². The molecule has 16 heavy (non-hydrogen) atoms. The molecule has 0 heterocycles. The highest BCUT2D eigenvalue weighted by molar-refractivity contribution is 9.11. The maximum absolute atomic E-state index is 11.0. The molecule has 0 aromatic carbocycles. The topological polar surface area (TPSA) is 17.1 Å². The third-order valence-electron chi connectivity index (χ3n) is 5.03. The van der Waals surface area contributed by atoms with Gasteiger partial charge in [-0.3, -0.25) is 0 Å². The van der Waals surface area contributed by atoms with Gasteiger partial charge in [0.1, 0.15) is 6.29 Å². The lowest BCUT2D eigenvalue weighted by Gasteiger charge is -2.43. The molecular weight excluding hydrogens is 264 g/mol. The Balaban J connectivity index is 2.27. The minimum absolute atomic E-state index is 0.227. The largest absolute Gasteiger partial charge is 0.303 e. The van der Waals surface area contributed by atoms with Gasteiger partial charge in [-0.1, -0.05) is 35.4 Å². The maximum atomic E-state index is 11.0. The number of rotatable bonds is 2. The lowest BCUT2D eigenvalue weighted by atomic mass is 9.61. The van der Waals surface area contributed by atoms with Crippen molar-refractivity contribution in [3.63, 3.8) is 0 Å². The Morgan fingerprint density at radius 3 is 2.88 bits per heavy atom. The summed E-state index contributed by atoms with van der Waals surface area (Å²) in [6, 6.07) is 0. The molecule has 4 atom stereocenters. The molecule has 0 radical (unpaired) electrons. The van der Waals surface area contributed by atoms with Gasteiger partial charge in [0.05, 0.1) is 0 Å².